The molecule has 158 valence electrons. The largest absolute Gasteiger partial charge is 0.494 e. The summed E-state index contributed by atoms with van der Waals surface area (Å²) in [6, 6.07) is 13.2. The van der Waals surface area contributed by atoms with Crippen molar-refractivity contribution < 1.29 is 28.7 Å². The van der Waals surface area contributed by atoms with Crippen LogP contribution in [-0.2, 0) is 19.1 Å². The molecule has 2 aromatic rings. The SMILES string of the molecule is CCOc1ccc(C(=O)CCC(=O)OCC(=O)Nc2ccc(NC(C)=O)cc2)cc1. The van der Waals surface area contributed by atoms with Crippen molar-refractivity contribution in [2.24, 2.45) is 0 Å². The number of nitrogens with one attached hydrogen (secondary N) is 2. The molecule has 0 bridgehead atoms. The van der Waals surface area contributed by atoms with E-state index in [0.717, 1.165) is 0 Å². The number of Topliss-reactive ketones (excluding diaryl/α,β-unsaturated/α-hetero) is 1. The number of anilines is 2. The zero-order valence-electron chi connectivity index (χ0n) is 16.9. The van der Waals surface area contributed by atoms with Crippen LogP contribution in [0.1, 0.15) is 37.0 Å². The topological polar surface area (TPSA) is 111 Å². The summed E-state index contributed by atoms with van der Waals surface area (Å²) in [5.41, 5.74) is 1.58. The van der Waals surface area contributed by atoms with Crippen molar-refractivity contribution in [3.63, 3.8) is 0 Å². The third kappa shape index (κ3) is 7.75. The van der Waals surface area contributed by atoms with Crippen LogP contribution in [-0.4, -0.2) is 36.8 Å². The smallest absolute Gasteiger partial charge is 0.306 e. The molecule has 2 N–H and O–H groups in total. The molecule has 8 nitrogen and oxygen atoms in total. The van der Waals surface area contributed by atoms with Gasteiger partial charge in [0, 0.05) is 30.3 Å². The van der Waals surface area contributed by atoms with E-state index >= 15 is 0 Å². The van der Waals surface area contributed by atoms with Crippen LogP contribution in [0.2, 0.25) is 0 Å². The Labute approximate surface area is 174 Å². The number of rotatable bonds is 10. The second-order valence-electron chi connectivity index (χ2n) is 6.35. The first-order valence-corrected chi connectivity index (χ1v) is 9.46. The molecule has 2 aromatic carbocycles. The zero-order chi connectivity index (χ0) is 21.9. The predicted octanol–water partition coefficient (Wildman–Crippen LogP) is 3.19. The number of esters is 1. The number of hydrogen-bond acceptors (Lipinski definition) is 6. The van der Waals surface area contributed by atoms with Crippen LogP contribution in [0.25, 0.3) is 0 Å². The second-order valence-corrected chi connectivity index (χ2v) is 6.35. The molecule has 30 heavy (non-hydrogen) atoms. The van der Waals surface area contributed by atoms with Gasteiger partial charge in [-0.1, -0.05) is 0 Å². The molecule has 0 radical (unpaired) electrons. The highest BCUT2D eigenvalue weighted by atomic mass is 16.5. The normalized spacial score (nSPS) is 10.1. The maximum Gasteiger partial charge on any atom is 0.306 e. The molecule has 0 saturated carbocycles. The van der Waals surface area contributed by atoms with Crippen LogP contribution < -0.4 is 15.4 Å². The van der Waals surface area contributed by atoms with Gasteiger partial charge in [0.15, 0.2) is 12.4 Å². The van der Waals surface area contributed by atoms with Crippen LogP contribution in [0.4, 0.5) is 11.4 Å². The van der Waals surface area contributed by atoms with Crippen molar-refractivity contribution in [2.45, 2.75) is 26.7 Å². The molecule has 0 fully saturated rings. The van der Waals surface area contributed by atoms with Crippen molar-refractivity contribution in [3.8, 4) is 5.75 Å². The highest BCUT2D eigenvalue weighted by Gasteiger charge is 2.12. The average Bonchev–Trinajstić information content (AvgIpc) is 2.72. The fourth-order valence-electron chi connectivity index (χ4n) is 2.52. The lowest BCUT2D eigenvalue weighted by Crippen LogP contribution is -2.21. The van der Waals surface area contributed by atoms with Crippen LogP contribution >= 0.6 is 0 Å². The maximum absolute atomic E-state index is 12.1. The Hall–Kier alpha value is -3.68. The number of ether oxygens (including phenoxy) is 2. The summed E-state index contributed by atoms with van der Waals surface area (Å²) < 4.78 is 10.2. The molecule has 2 rings (SSSR count). The lowest BCUT2D eigenvalue weighted by molar-refractivity contribution is -0.147. The fraction of sp³-hybridized carbons (Fsp3) is 0.273. The van der Waals surface area contributed by atoms with Gasteiger partial charge in [-0.3, -0.25) is 19.2 Å². The average molecular weight is 412 g/mol. The monoisotopic (exact) mass is 412 g/mol. The van der Waals surface area contributed by atoms with Gasteiger partial charge in [-0.15, -0.1) is 0 Å². The summed E-state index contributed by atoms with van der Waals surface area (Å²) in [5, 5.41) is 5.19. The quantitative estimate of drug-likeness (QED) is 0.458. The molecular weight excluding hydrogens is 388 g/mol. The number of carbonyl (C=O) groups is 4. The van der Waals surface area contributed by atoms with Gasteiger partial charge in [0.05, 0.1) is 13.0 Å². The molecule has 0 saturated heterocycles. The molecule has 0 aliphatic heterocycles. The van der Waals surface area contributed by atoms with Crippen molar-refractivity contribution in [1.29, 1.82) is 0 Å². The van der Waals surface area contributed by atoms with E-state index in [-0.39, 0.29) is 24.5 Å². The van der Waals surface area contributed by atoms with Gasteiger partial charge in [0.1, 0.15) is 5.75 Å². The van der Waals surface area contributed by atoms with E-state index in [4.69, 9.17) is 9.47 Å². The first-order valence-electron chi connectivity index (χ1n) is 9.46. The fourth-order valence-corrected chi connectivity index (χ4v) is 2.52. The molecule has 8 heteroatoms. The van der Waals surface area contributed by atoms with Gasteiger partial charge >= 0.3 is 5.97 Å². The van der Waals surface area contributed by atoms with Crippen molar-refractivity contribution in [3.05, 3.63) is 54.1 Å². The van der Waals surface area contributed by atoms with Gasteiger partial charge in [-0.25, -0.2) is 0 Å². The molecule has 0 aromatic heterocycles. The minimum atomic E-state index is -0.634. The van der Waals surface area contributed by atoms with Gasteiger partial charge < -0.3 is 20.1 Å². The van der Waals surface area contributed by atoms with E-state index in [0.29, 0.717) is 29.3 Å². The Morgan fingerprint density at radius 2 is 1.43 bits per heavy atom. The Kier molecular flexibility index (Phi) is 8.56. The van der Waals surface area contributed by atoms with Crippen LogP contribution in [0.3, 0.4) is 0 Å². The summed E-state index contributed by atoms with van der Waals surface area (Å²) in [4.78, 5) is 46.8. The standard InChI is InChI=1S/C22H24N2O6/c1-3-29-19-10-4-16(5-11-19)20(26)12-13-22(28)30-14-21(27)24-18-8-6-17(7-9-18)23-15(2)25/h4-11H,3,12-14H2,1-2H3,(H,23,25)(H,24,27). The van der Waals surface area contributed by atoms with Gasteiger partial charge in [0.2, 0.25) is 5.91 Å². The molecule has 0 atom stereocenters. The summed E-state index contributed by atoms with van der Waals surface area (Å²) in [6.07, 6.45) is -0.135. The Bertz CT molecular complexity index is 891. The lowest BCUT2D eigenvalue weighted by atomic mass is 10.1. The summed E-state index contributed by atoms with van der Waals surface area (Å²) >= 11 is 0. The molecule has 0 unspecified atom stereocenters. The minimum Gasteiger partial charge on any atom is -0.494 e. The molecular formula is C22H24N2O6. The number of ketones is 1. The molecule has 2 amide bonds. The number of amides is 2. The van der Waals surface area contributed by atoms with E-state index in [1.165, 1.54) is 6.92 Å². The number of benzene rings is 2. The van der Waals surface area contributed by atoms with Gasteiger partial charge in [0.25, 0.3) is 5.91 Å². The molecule has 0 heterocycles. The van der Waals surface area contributed by atoms with Crippen LogP contribution in [0.15, 0.2) is 48.5 Å². The molecule has 0 spiro atoms. The summed E-state index contributed by atoms with van der Waals surface area (Å²) in [5.74, 6) is -0.860. The molecule has 0 aliphatic rings. The van der Waals surface area contributed by atoms with Crippen LogP contribution in [0, 0.1) is 0 Å². The second kappa shape index (κ2) is 11.4. The van der Waals surface area contributed by atoms with Crippen LogP contribution in [0.5, 0.6) is 5.75 Å². The number of hydrogen-bond donors (Lipinski definition) is 2. The van der Waals surface area contributed by atoms with Crippen molar-refractivity contribution in [2.75, 3.05) is 23.8 Å². The Morgan fingerprint density at radius 3 is 2.00 bits per heavy atom. The van der Waals surface area contributed by atoms with E-state index < -0.39 is 18.5 Å². The summed E-state index contributed by atoms with van der Waals surface area (Å²) in [6.45, 7) is 3.35. The maximum atomic E-state index is 12.1. The minimum absolute atomic E-state index is 0.0148. The van der Waals surface area contributed by atoms with E-state index in [1.807, 2.05) is 6.92 Å². The summed E-state index contributed by atoms with van der Waals surface area (Å²) in [7, 11) is 0. The Morgan fingerprint density at radius 1 is 0.833 bits per heavy atom. The lowest BCUT2D eigenvalue weighted by Gasteiger charge is -2.08. The first kappa shape index (κ1) is 22.6. The van der Waals surface area contributed by atoms with Gasteiger partial charge in [-0.05, 0) is 55.5 Å². The predicted molar refractivity (Wildman–Crippen MR) is 112 cm³/mol. The third-order valence-corrected chi connectivity index (χ3v) is 3.90. The Balaban J connectivity index is 1.71. The van der Waals surface area contributed by atoms with Crippen molar-refractivity contribution in [1.82, 2.24) is 0 Å². The zero-order valence-corrected chi connectivity index (χ0v) is 16.9. The number of carbonyl (C=O) groups excluding carboxylic acids is 4. The first-order chi connectivity index (χ1) is 14.4. The highest BCUT2D eigenvalue weighted by Crippen LogP contribution is 2.15. The van der Waals surface area contributed by atoms with E-state index in [1.54, 1.807) is 48.5 Å². The van der Waals surface area contributed by atoms with Crippen molar-refractivity contribution >= 4 is 34.9 Å². The van der Waals surface area contributed by atoms with E-state index in [2.05, 4.69) is 10.6 Å². The highest BCUT2D eigenvalue weighted by molar-refractivity contribution is 5.98. The van der Waals surface area contributed by atoms with Gasteiger partial charge in [-0.2, -0.15) is 0 Å². The third-order valence-electron chi connectivity index (χ3n) is 3.90. The van der Waals surface area contributed by atoms with E-state index in [9.17, 15) is 19.2 Å². The molecule has 0 aliphatic carbocycles.